The fourth-order valence-corrected chi connectivity index (χ4v) is 6.73. The Morgan fingerprint density at radius 3 is 1.53 bits per heavy atom. The molecule has 0 amide bonds. The van der Waals surface area contributed by atoms with Crippen LogP contribution in [-0.4, -0.2) is 4.98 Å². The zero-order valence-electron chi connectivity index (χ0n) is 24.0. The molecule has 0 N–H and O–H groups in total. The van der Waals surface area contributed by atoms with Gasteiger partial charge in [-0.2, -0.15) is 0 Å². The van der Waals surface area contributed by atoms with Gasteiger partial charge in [0.15, 0.2) is 0 Å². The molecular formula is C42H29N. The molecule has 0 bridgehead atoms. The minimum atomic E-state index is 1.03. The number of hydrogen-bond acceptors (Lipinski definition) is 1. The number of pyridine rings is 1. The van der Waals surface area contributed by atoms with Crippen molar-refractivity contribution in [1.82, 2.24) is 4.98 Å². The van der Waals surface area contributed by atoms with Gasteiger partial charge in [-0.15, -0.1) is 0 Å². The minimum absolute atomic E-state index is 1.03. The van der Waals surface area contributed by atoms with Gasteiger partial charge < -0.3 is 0 Å². The molecule has 0 spiro atoms. The first-order valence-electron chi connectivity index (χ1n) is 14.8. The van der Waals surface area contributed by atoms with Crippen LogP contribution >= 0.6 is 0 Å². The molecule has 8 rings (SSSR count). The molecular weight excluding hydrogens is 518 g/mol. The molecule has 1 heterocycles. The van der Waals surface area contributed by atoms with Crippen LogP contribution in [0, 0.1) is 6.92 Å². The molecule has 0 aliphatic heterocycles. The summed E-state index contributed by atoms with van der Waals surface area (Å²) < 4.78 is 0. The third-order valence-electron chi connectivity index (χ3n) is 8.64. The van der Waals surface area contributed by atoms with E-state index in [1.54, 1.807) is 0 Å². The summed E-state index contributed by atoms with van der Waals surface area (Å²) in [7, 11) is 0. The summed E-state index contributed by atoms with van der Waals surface area (Å²) in [5.41, 5.74) is 10.8. The monoisotopic (exact) mass is 547 g/mol. The molecule has 1 nitrogen and oxygen atoms in total. The van der Waals surface area contributed by atoms with Crippen molar-refractivity contribution in [2.45, 2.75) is 6.92 Å². The normalized spacial score (nSPS) is 11.4. The maximum atomic E-state index is 4.72. The lowest BCUT2D eigenvalue weighted by atomic mass is 9.83. The molecule has 0 aliphatic rings. The van der Waals surface area contributed by atoms with Crippen LogP contribution in [0.5, 0.6) is 0 Å². The molecule has 1 heteroatoms. The Morgan fingerprint density at radius 2 is 0.884 bits per heavy atom. The second-order valence-corrected chi connectivity index (χ2v) is 11.2. The molecule has 0 saturated heterocycles. The number of fused-ring (bicyclic) bond motifs is 3. The van der Waals surface area contributed by atoms with E-state index >= 15 is 0 Å². The predicted octanol–water partition coefficient (Wildman–Crippen LogP) is 11.5. The van der Waals surface area contributed by atoms with Crippen LogP contribution in [0.2, 0.25) is 0 Å². The summed E-state index contributed by atoms with van der Waals surface area (Å²) in [5, 5.41) is 7.55. The molecule has 1 aromatic heterocycles. The van der Waals surface area contributed by atoms with Crippen molar-refractivity contribution in [3.8, 4) is 44.6 Å². The van der Waals surface area contributed by atoms with Gasteiger partial charge in [0.25, 0.3) is 0 Å². The molecule has 0 saturated carbocycles. The van der Waals surface area contributed by atoms with Crippen molar-refractivity contribution in [2.75, 3.05) is 0 Å². The van der Waals surface area contributed by atoms with E-state index in [0.29, 0.717) is 0 Å². The summed E-state index contributed by atoms with van der Waals surface area (Å²) in [4.78, 5) is 4.72. The lowest BCUT2D eigenvalue weighted by Crippen LogP contribution is -1.93. The molecule has 0 radical (unpaired) electrons. The summed E-state index contributed by atoms with van der Waals surface area (Å²) in [6.45, 7) is 2.13. The molecule has 7 aromatic carbocycles. The van der Waals surface area contributed by atoms with Crippen LogP contribution in [-0.2, 0) is 0 Å². The van der Waals surface area contributed by atoms with E-state index in [1.165, 1.54) is 71.3 Å². The summed E-state index contributed by atoms with van der Waals surface area (Å²) in [6.07, 6.45) is 1.88. The molecule has 0 fully saturated rings. The van der Waals surface area contributed by atoms with Crippen molar-refractivity contribution in [3.05, 3.63) is 163 Å². The quantitative estimate of drug-likeness (QED) is 0.200. The Balaban J connectivity index is 1.44. The lowest BCUT2D eigenvalue weighted by Gasteiger charge is -2.20. The van der Waals surface area contributed by atoms with Crippen LogP contribution in [0.25, 0.3) is 77.0 Å². The highest BCUT2D eigenvalue weighted by atomic mass is 14.7. The van der Waals surface area contributed by atoms with Crippen LogP contribution in [0.3, 0.4) is 0 Å². The first-order chi connectivity index (χ1) is 21.3. The number of hydrogen-bond donors (Lipinski definition) is 0. The number of benzene rings is 7. The van der Waals surface area contributed by atoms with E-state index in [9.17, 15) is 0 Å². The number of aryl methyl sites for hydroxylation is 1. The van der Waals surface area contributed by atoms with Gasteiger partial charge in [0.05, 0.1) is 5.69 Å². The zero-order chi connectivity index (χ0) is 28.8. The van der Waals surface area contributed by atoms with E-state index in [4.69, 9.17) is 4.98 Å². The van der Waals surface area contributed by atoms with Crippen LogP contribution in [0.1, 0.15) is 5.56 Å². The van der Waals surface area contributed by atoms with Crippen LogP contribution in [0.15, 0.2) is 158 Å². The van der Waals surface area contributed by atoms with Crippen molar-refractivity contribution < 1.29 is 0 Å². The molecule has 43 heavy (non-hydrogen) atoms. The topological polar surface area (TPSA) is 12.9 Å². The first-order valence-corrected chi connectivity index (χ1v) is 14.8. The van der Waals surface area contributed by atoms with Gasteiger partial charge in [-0.05, 0) is 90.3 Å². The second-order valence-electron chi connectivity index (χ2n) is 11.2. The maximum absolute atomic E-state index is 4.72. The van der Waals surface area contributed by atoms with Gasteiger partial charge in [0.2, 0.25) is 0 Å². The standard InChI is InChI=1S/C42H29N/c1-28-13-12-26-43-42(28)31-17-11-16-30(27-31)40-35-20-7-9-22-37(35)41(38-23-10-8-21-36(38)40)39-25-24-32(29-14-3-2-4-15-29)33-18-5-6-19-34(33)39/h2-27H,1H3. The van der Waals surface area contributed by atoms with E-state index in [0.717, 1.165) is 11.3 Å². The van der Waals surface area contributed by atoms with Crippen molar-refractivity contribution >= 4 is 32.3 Å². The number of rotatable bonds is 4. The fraction of sp³-hybridized carbons (Fsp3) is 0.0238. The van der Waals surface area contributed by atoms with E-state index in [2.05, 4.69) is 153 Å². The van der Waals surface area contributed by atoms with Crippen LogP contribution in [0.4, 0.5) is 0 Å². The molecule has 8 aromatic rings. The third kappa shape index (κ3) is 4.21. The van der Waals surface area contributed by atoms with E-state index < -0.39 is 0 Å². The molecule has 202 valence electrons. The highest BCUT2D eigenvalue weighted by Crippen LogP contribution is 2.46. The van der Waals surface area contributed by atoms with Gasteiger partial charge >= 0.3 is 0 Å². The Bertz CT molecular complexity index is 2240. The lowest BCUT2D eigenvalue weighted by molar-refractivity contribution is 1.27. The Morgan fingerprint density at radius 1 is 0.372 bits per heavy atom. The largest absolute Gasteiger partial charge is 0.256 e. The fourth-order valence-electron chi connectivity index (χ4n) is 6.73. The van der Waals surface area contributed by atoms with E-state index in [-0.39, 0.29) is 0 Å². The Labute approximate surface area is 251 Å². The number of nitrogens with zero attached hydrogens (tertiary/aromatic N) is 1. The molecule has 0 unspecified atom stereocenters. The molecule has 0 atom stereocenters. The average molecular weight is 548 g/mol. The number of aromatic nitrogens is 1. The first kappa shape index (κ1) is 25.2. The van der Waals surface area contributed by atoms with E-state index in [1.807, 2.05) is 12.3 Å². The maximum Gasteiger partial charge on any atom is 0.0731 e. The second kappa shape index (κ2) is 10.4. The average Bonchev–Trinajstić information content (AvgIpc) is 3.07. The van der Waals surface area contributed by atoms with Crippen LogP contribution < -0.4 is 0 Å². The summed E-state index contributed by atoms with van der Waals surface area (Å²) in [6, 6.07) is 54.9. The summed E-state index contributed by atoms with van der Waals surface area (Å²) in [5.74, 6) is 0. The Hall–Kier alpha value is -5.53. The van der Waals surface area contributed by atoms with Gasteiger partial charge in [0.1, 0.15) is 0 Å². The SMILES string of the molecule is Cc1cccnc1-c1cccc(-c2c3ccccc3c(-c3ccc(-c4ccccc4)c4ccccc34)c3ccccc23)c1. The van der Waals surface area contributed by atoms with Gasteiger partial charge in [-0.25, -0.2) is 0 Å². The summed E-state index contributed by atoms with van der Waals surface area (Å²) >= 11 is 0. The zero-order valence-corrected chi connectivity index (χ0v) is 24.0. The molecule has 0 aliphatic carbocycles. The third-order valence-corrected chi connectivity index (χ3v) is 8.64. The van der Waals surface area contributed by atoms with Gasteiger partial charge in [-0.3, -0.25) is 4.98 Å². The van der Waals surface area contributed by atoms with Crippen molar-refractivity contribution in [2.24, 2.45) is 0 Å². The highest BCUT2D eigenvalue weighted by Gasteiger charge is 2.19. The van der Waals surface area contributed by atoms with Gasteiger partial charge in [-0.1, -0.05) is 140 Å². The smallest absolute Gasteiger partial charge is 0.0731 e. The Kier molecular flexibility index (Phi) is 6.09. The van der Waals surface area contributed by atoms with Crippen molar-refractivity contribution in [1.29, 1.82) is 0 Å². The van der Waals surface area contributed by atoms with Crippen molar-refractivity contribution in [3.63, 3.8) is 0 Å². The predicted molar refractivity (Wildman–Crippen MR) is 183 cm³/mol. The van der Waals surface area contributed by atoms with Gasteiger partial charge in [0, 0.05) is 11.8 Å². The minimum Gasteiger partial charge on any atom is -0.256 e. The highest BCUT2D eigenvalue weighted by molar-refractivity contribution is 6.24.